The molecule has 0 unspecified atom stereocenters. The molecule has 2 aliphatic rings. The standard InChI is InChI=1S/C25H25ClN4O4S/c1-27-24-30-20(13-35-24)16-4-2-15(3-5-16)12-29-23-17-10-11-28-14-25(18(17)6-7-19(23)26)33-21(31)8-9-22(32)34-25/h2-7,13,28-29H,8-12,14H2,1H3,(H,27,30). The van der Waals surface area contributed by atoms with Crippen LogP contribution in [0.1, 0.15) is 29.5 Å². The van der Waals surface area contributed by atoms with E-state index in [-0.39, 0.29) is 19.4 Å². The molecular formula is C25H25ClN4O4S. The Kier molecular flexibility index (Phi) is 6.64. The second-order valence-corrected chi connectivity index (χ2v) is 9.68. The number of ether oxygens (including phenoxy) is 2. The van der Waals surface area contributed by atoms with Crippen molar-refractivity contribution >= 4 is 45.7 Å². The van der Waals surface area contributed by atoms with Crippen molar-refractivity contribution in [1.82, 2.24) is 10.3 Å². The molecule has 0 radical (unpaired) electrons. The molecule has 0 aliphatic carbocycles. The van der Waals surface area contributed by atoms with Crippen LogP contribution in [0.3, 0.4) is 0 Å². The third kappa shape index (κ3) is 4.84. The lowest BCUT2D eigenvalue weighted by Crippen LogP contribution is -2.43. The van der Waals surface area contributed by atoms with Gasteiger partial charge >= 0.3 is 11.9 Å². The highest BCUT2D eigenvalue weighted by molar-refractivity contribution is 7.14. The fourth-order valence-corrected chi connectivity index (χ4v) is 5.30. The van der Waals surface area contributed by atoms with Gasteiger partial charge in [-0.1, -0.05) is 35.9 Å². The molecule has 3 N–H and O–H groups in total. The first kappa shape index (κ1) is 23.6. The van der Waals surface area contributed by atoms with E-state index in [1.807, 2.05) is 36.7 Å². The predicted molar refractivity (Wildman–Crippen MR) is 136 cm³/mol. The zero-order valence-corrected chi connectivity index (χ0v) is 20.7. The molecule has 35 heavy (non-hydrogen) atoms. The molecule has 3 heterocycles. The maximum absolute atomic E-state index is 12.3. The number of benzene rings is 2. The topological polar surface area (TPSA) is 102 Å². The Balaban J connectivity index is 1.41. The van der Waals surface area contributed by atoms with Crippen molar-refractivity contribution in [2.24, 2.45) is 0 Å². The average molecular weight is 513 g/mol. The van der Waals surface area contributed by atoms with Gasteiger partial charge in [0.15, 0.2) is 5.13 Å². The number of hydrogen-bond donors (Lipinski definition) is 3. The summed E-state index contributed by atoms with van der Waals surface area (Å²) in [6, 6.07) is 11.7. The van der Waals surface area contributed by atoms with E-state index < -0.39 is 17.7 Å². The van der Waals surface area contributed by atoms with E-state index in [1.165, 1.54) is 0 Å². The van der Waals surface area contributed by atoms with Gasteiger partial charge in [0.2, 0.25) is 0 Å². The third-order valence-corrected chi connectivity index (χ3v) is 7.28. The summed E-state index contributed by atoms with van der Waals surface area (Å²) in [6.45, 7) is 1.34. The van der Waals surface area contributed by atoms with Crippen LogP contribution in [0, 0.1) is 0 Å². The molecule has 0 saturated carbocycles. The van der Waals surface area contributed by atoms with Gasteiger partial charge in [0, 0.05) is 30.1 Å². The molecule has 3 aromatic rings. The monoisotopic (exact) mass is 512 g/mol. The van der Waals surface area contributed by atoms with Crippen molar-refractivity contribution in [3.05, 3.63) is 63.5 Å². The maximum atomic E-state index is 12.3. The fourth-order valence-electron chi connectivity index (χ4n) is 4.37. The lowest BCUT2D eigenvalue weighted by molar-refractivity contribution is -0.225. The van der Waals surface area contributed by atoms with Crippen molar-refractivity contribution in [2.75, 3.05) is 30.8 Å². The second-order valence-electron chi connectivity index (χ2n) is 8.41. The number of halogens is 1. The molecule has 2 aliphatic heterocycles. The Morgan fingerprint density at radius 2 is 1.83 bits per heavy atom. The van der Waals surface area contributed by atoms with E-state index in [1.54, 1.807) is 23.5 Å². The first-order valence-corrected chi connectivity index (χ1v) is 12.7. The summed E-state index contributed by atoms with van der Waals surface area (Å²) in [5, 5.41) is 13.2. The quantitative estimate of drug-likeness (QED) is 0.435. The zero-order valence-electron chi connectivity index (χ0n) is 19.2. The van der Waals surface area contributed by atoms with E-state index in [0.717, 1.165) is 33.2 Å². The summed E-state index contributed by atoms with van der Waals surface area (Å²) < 4.78 is 11.4. The van der Waals surface area contributed by atoms with Crippen LogP contribution >= 0.6 is 22.9 Å². The molecule has 1 fully saturated rings. The van der Waals surface area contributed by atoms with E-state index in [9.17, 15) is 9.59 Å². The van der Waals surface area contributed by atoms with Crippen molar-refractivity contribution in [3.63, 3.8) is 0 Å². The summed E-state index contributed by atoms with van der Waals surface area (Å²) in [4.78, 5) is 29.2. The van der Waals surface area contributed by atoms with Gasteiger partial charge in [-0.3, -0.25) is 9.59 Å². The molecule has 0 amide bonds. The van der Waals surface area contributed by atoms with Crippen LogP contribution in [-0.2, 0) is 37.8 Å². The van der Waals surface area contributed by atoms with Crippen LogP contribution in [0.2, 0.25) is 5.02 Å². The number of hydrogen-bond acceptors (Lipinski definition) is 9. The van der Waals surface area contributed by atoms with Gasteiger partial charge in [-0.15, -0.1) is 11.3 Å². The Hall–Kier alpha value is -3.14. The predicted octanol–water partition coefficient (Wildman–Crippen LogP) is 4.30. The number of esters is 2. The number of nitrogens with one attached hydrogen (secondary N) is 3. The molecule has 182 valence electrons. The minimum Gasteiger partial charge on any atom is -0.416 e. The van der Waals surface area contributed by atoms with Crippen LogP contribution in [0.4, 0.5) is 10.8 Å². The smallest absolute Gasteiger partial charge is 0.309 e. The number of nitrogens with zero attached hydrogens (tertiary/aromatic N) is 1. The molecular weight excluding hydrogens is 488 g/mol. The van der Waals surface area contributed by atoms with Crippen molar-refractivity contribution < 1.29 is 19.1 Å². The third-order valence-electron chi connectivity index (χ3n) is 6.11. The molecule has 2 aromatic carbocycles. The van der Waals surface area contributed by atoms with Gasteiger partial charge in [0.25, 0.3) is 5.79 Å². The van der Waals surface area contributed by atoms with Gasteiger partial charge in [0.1, 0.15) is 0 Å². The summed E-state index contributed by atoms with van der Waals surface area (Å²) in [6.07, 6.45) is 0.634. The van der Waals surface area contributed by atoms with Gasteiger partial charge in [-0.2, -0.15) is 0 Å². The van der Waals surface area contributed by atoms with E-state index in [0.29, 0.717) is 30.1 Å². The highest BCUT2D eigenvalue weighted by Gasteiger charge is 2.45. The van der Waals surface area contributed by atoms with Gasteiger partial charge in [-0.05, 0) is 36.2 Å². The Morgan fingerprint density at radius 1 is 1.09 bits per heavy atom. The van der Waals surface area contributed by atoms with Gasteiger partial charge in [-0.25, -0.2) is 4.98 Å². The maximum Gasteiger partial charge on any atom is 0.309 e. The molecule has 0 atom stereocenters. The Morgan fingerprint density at radius 3 is 2.51 bits per heavy atom. The largest absolute Gasteiger partial charge is 0.416 e. The summed E-state index contributed by atoms with van der Waals surface area (Å²) in [5.41, 5.74) is 5.29. The normalized spacial score (nSPS) is 17.1. The number of anilines is 2. The van der Waals surface area contributed by atoms with Crippen molar-refractivity contribution in [2.45, 2.75) is 31.6 Å². The van der Waals surface area contributed by atoms with Crippen LogP contribution in [0.15, 0.2) is 41.8 Å². The molecule has 10 heteroatoms. The van der Waals surface area contributed by atoms with E-state index in [4.69, 9.17) is 21.1 Å². The molecule has 5 rings (SSSR count). The number of rotatable bonds is 5. The molecule has 1 spiro atoms. The first-order chi connectivity index (χ1) is 17.0. The summed E-state index contributed by atoms with van der Waals surface area (Å²) >= 11 is 8.17. The number of aromatic nitrogens is 1. The highest BCUT2D eigenvalue weighted by Crippen LogP contribution is 2.40. The summed E-state index contributed by atoms with van der Waals surface area (Å²) in [7, 11) is 1.86. The lowest BCUT2D eigenvalue weighted by Gasteiger charge is -2.32. The van der Waals surface area contributed by atoms with Crippen molar-refractivity contribution in [3.8, 4) is 11.3 Å². The molecule has 8 nitrogen and oxygen atoms in total. The molecule has 0 bridgehead atoms. The first-order valence-electron chi connectivity index (χ1n) is 11.4. The van der Waals surface area contributed by atoms with Crippen LogP contribution < -0.4 is 16.0 Å². The lowest BCUT2D eigenvalue weighted by atomic mass is 9.96. The minimum absolute atomic E-state index is 0.00177. The van der Waals surface area contributed by atoms with Crippen LogP contribution in [0.25, 0.3) is 11.3 Å². The summed E-state index contributed by atoms with van der Waals surface area (Å²) in [5.74, 6) is -2.42. The zero-order chi connectivity index (χ0) is 24.4. The second kappa shape index (κ2) is 9.85. The molecule has 1 saturated heterocycles. The highest BCUT2D eigenvalue weighted by atomic mass is 35.5. The number of carbonyl (C=O) groups is 2. The number of fused-ring (bicyclic) bond motifs is 2. The van der Waals surface area contributed by atoms with Crippen LogP contribution in [0.5, 0.6) is 0 Å². The minimum atomic E-state index is -1.50. The Labute approximate surface area is 212 Å². The van der Waals surface area contributed by atoms with E-state index in [2.05, 4.69) is 20.9 Å². The number of carbonyl (C=O) groups excluding carboxylic acids is 2. The van der Waals surface area contributed by atoms with Crippen molar-refractivity contribution in [1.29, 1.82) is 0 Å². The molecule has 1 aromatic heterocycles. The van der Waals surface area contributed by atoms with Gasteiger partial charge < -0.3 is 25.4 Å². The van der Waals surface area contributed by atoms with E-state index >= 15 is 0 Å². The van der Waals surface area contributed by atoms with Crippen LogP contribution in [-0.4, -0.2) is 37.1 Å². The average Bonchev–Trinajstić information content (AvgIpc) is 3.21. The SMILES string of the molecule is CNc1nc(-c2ccc(CNc3c(Cl)ccc4c3CCNCC43OC(=O)CCC(=O)O3)cc2)cs1. The fraction of sp³-hybridized carbons (Fsp3) is 0.320. The van der Waals surface area contributed by atoms with Gasteiger partial charge in [0.05, 0.1) is 35.8 Å². The number of thiazole rings is 1. The Bertz CT molecular complexity index is 1240.